The molecule has 0 aliphatic carbocycles. The zero-order valence-electron chi connectivity index (χ0n) is 10.8. The molecule has 2 heterocycles. The second-order valence-electron chi connectivity index (χ2n) is 4.85. The molecule has 17 heavy (non-hydrogen) atoms. The minimum absolute atomic E-state index is 0.228. The minimum Gasteiger partial charge on any atom is -0.393 e. The highest BCUT2D eigenvalue weighted by molar-refractivity contribution is 5.41. The molecule has 2 unspecified atom stereocenters. The van der Waals surface area contributed by atoms with E-state index in [1.54, 1.807) is 0 Å². The molecule has 0 amide bonds. The molecule has 1 fully saturated rings. The lowest BCUT2D eigenvalue weighted by atomic mass is 10.0. The third kappa shape index (κ3) is 2.75. The van der Waals surface area contributed by atoms with Gasteiger partial charge in [-0.15, -0.1) is 0 Å². The normalized spacial score (nSPS) is 21.9. The summed E-state index contributed by atoms with van der Waals surface area (Å²) in [6.07, 6.45) is 1.75. The zero-order chi connectivity index (χ0) is 12.4. The van der Waals surface area contributed by atoms with Gasteiger partial charge >= 0.3 is 0 Å². The van der Waals surface area contributed by atoms with Crippen LogP contribution in [0.1, 0.15) is 31.8 Å². The molecule has 2 atom stereocenters. The van der Waals surface area contributed by atoms with Crippen LogP contribution >= 0.6 is 0 Å². The van der Waals surface area contributed by atoms with E-state index in [9.17, 15) is 5.11 Å². The minimum atomic E-state index is -0.228. The number of hydrogen-bond donors (Lipinski definition) is 1. The maximum atomic E-state index is 9.61. The molecule has 94 valence electrons. The summed E-state index contributed by atoms with van der Waals surface area (Å²) in [6.45, 7) is 7.79. The van der Waals surface area contributed by atoms with Gasteiger partial charge in [0.1, 0.15) is 11.6 Å². The Kier molecular flexibility index (Phi) is 3.62. The lowest BCUT2D eigenvalue weighted by Crippen LogP contribution is -2.25. The fourth-order valence-electron chi connectivity index (χ4n) is 2.34. The number of aryl methyl sites for hydroxylation is 2. The Morgan fingerprint density at radius 1 is 1.53 bits per heavy atom. The standard InChI is InChI=1S/C13H21N3O/c1-4-12-7-13(15-10(3)14-12)16-6-5-11(8-16)9(2)17/h7,9,11,17H,4-6,8H2,1-3H3. The molecule has 1 aliphatic rings. The third-order valence-corrected chi connectivity index (χ3v) is 3.47. The number of nitrogens with zero attached hydrogens (tertiary/aromatic N) is 3. The van der Waals surface area contributed by atoms with Crippen molar-refractivity contribution in [3.63, 3.8) is 0 Å². The summed E-state index contributed by atoms with van der Waals surface area (Å²) < 4.78 is 0. The summed E-state index contributed by atoms with van der Waals surface area (Å²) in [5.41, 5.74) is 1.09. The van der Waals surface area contributed by atoms with Gasteiger partial charge in [-0.3, -0.25) is 0 Å². The van der Waals surface area contributed by atoms with Crippen LogP contribution in [0.3, 0.4) is 0 Å². The van der Waals surface area contributed by atoms with E-state index < -0.39 is 0 Å². The second-order valence-corrected chi connectivity index (χ2v) is 4.85. The van der Waals surface area contributed by atoms with Crippen molar-refractivity contribution < 1.29 is 5.11 Å². The van der Waals surface area contributed by atoms with Gasteiger partial charge in [0.15, 0.2) is 0 Å². The number of aliphatic hydroxyl groups excluding tert-OH is 1. The first-order chi connectivity index (χ1) is 8.10. The van der Waals surface area contributed by atoms with Crippen molar-refractivity contribution in [3.8, 4) is 0 Å². The average Bonchev–Trinajstić information content (AvgIpc) is 2.77. The molecule has 4 nitrogen and oxygen atoms in total. The molecular formula is C13H21N3O. The van der Waals surface area contributed by atoms with Gasteiger partial charge in [0, 0.05) is 30.8 Å². The van der Waals surface area contributed by atoms with Crippen molar-refractivity contribution in [2.45, 2.75) is 39.7 Å². The molecule has 2 rings (SSSR count). The number of anilines is 1. The quantitative estimate of drug-likeness (QED) is 0.863. The predicted octanol–water partition coefficient (Wildman–Crippen LogP) is 1.55. The Morgan fingerprint density at radius 2 is 2.29 bits per heavy atom. The molecule has 0 aromatic carbocycles. The van der Waals surface area contributed by atoms with E-state index in [0.717, 1.165) is 43.3 Å². The summed E-state index contributed by atoms with van der Waals surface area (Å²) in [7, 11) is 0. The van der Waals surface area contributed by atoms with Crippen LogP contribution in [0.15, 0.2) is 6.07 Å². The van der Waals surface area contributed by atoms with Crippen molar-refractivity contribution in [3.05, 3.63) is 17.6 Å². The molecule has 1 saturated heterocycles. The van der Waals surface area contributed by atoms with Crippen molar-refractivity contribution in [2.24, 2.45) is 5.92 Å². The molecule has 1 aromatic rings. The van der Waals surface area contributed by atoms with E-state index in [4.69, 9.17) is 0 Å². The summed E-state index contributed by atoms with van der Waals surface area (Å²) >= 11 is 0. The number of aromatic nitrogens is 2. The molecule has 1 aromatic heterocycles. The van der Waals surface area contributed by atoms with E-state index in [2.05, 4.69) is 27.9 Å². The van der Waals surface area contributed by atoms with Crippen LogP contribution in [0, 0.1) is 12.8 Å². The van der Waals surface area contributed by atoms with E-state index in [0.29, 0.717) is 5.92 Å². The van der Waals surface area contributed by atoms with Gasteiger partial charge in [-0.05, 0) is 26.7 Å². The topological polar surface area (TPSA) is 49.2 Å². The zero-order valence-corrected chi connectivity index (χ0v) is 10.8. The van der Waals surface area contributed by atoms with Gasteiger partial charge in [0.2, 0.25) is 0 Å². The number of rotatable bonds is 3. The van der Waals surface area contributed by atoms with Crippen LogP contribution in [-0.4, -0.2) is 34.3 Å². The molecule has 4 heteroatoms. The fourth-order valence-corrected chi connectivity index (χ4v) is 2.34. The number of aliphatic hydroxyl groups is 1. The van der Waals surface area contributed by atoms with E-state index in [1.165, 1.54) is 0 Å². The predicted molar refractivity (Wildman–Crippen MR) is 68.1 cm³/mol. The molecule has 0 bridgehead atoms. The summed E-state index contributed by atoms with van der Waals surface area (Å²) in [6, 6.07) is 2.07. The third-order valence-electron chi connectivity index (χ3n) is 3.47. The first-order valence-electron chi connectivity index (χ1n) is 6.37. The maximum Gasteiger partial charge on any atom is 0.132 e. The lowest BCUT2D eigenvalue weighted by Gasteiger charge is -2.19. The highest BCUT2D eigenvalue weighted by Gasteiger charge is 2.27. The van der Waals surface area contributed by atoms with Gasteiger partial charge < -0.3 is 10.0 Å². The summed E-state index contributed by atoms with van der Waals surface area (Å²) in [5, 5.41) is 9.61. The molecular weight excluding hydrogens is 214 g/mol. The Morgan fingerprint density at radius 3 is 2.88 bits per heavy atom. The Balaban J connectivity index is 2.15. The van der Waals surface area contributed by atoms with Gasteiger partial charge in [-0.25, -0.2) is 9.97 Å². The van der Waals surface area contributed by atoms with Gasteiger partial charge in [0.05, 0.1) is 6.10 Å². The van der Waals surface area contributed by atoms with E-state index in [1.807, 2.05) is 13.8 Å². The molecule has 0 spiro atoms. The molecule has 1 N–H and O–H groups in total. The molecule has 0 saturated carbocycles. The summed E-state index contributed by atoms with van der Waals surface area (Å²) in [5.74, 6) is 2.22. The second kappa shape index (κ2) is 5.00. The van der Waals surface area contributed by atoms with Crippen LogP contribution in [0.5, 0.6) is 0 Å². The van der Waals surface area contributed by atoms with Crippen molar-refractivity contribution in [1.29, 1.82) is 0 Å². The van der Waals surface area contributed by atoms with Gasteiger partial charge in [-0.2, -0.15) is 0 Å². The Bertz CT molecular complexity index is 392. The maximum absolute atomic E-state index is 9.61. The molecule has 1 aliphatic heterocycles. The highest BCUT2D eigenvalue weighted by Crippen LogP contribution is 2.24. The fraction of sp³-hybridized carbons (Fsp3) is 0.692. The van der Waals surface area contributed by atoms with Crippen molar-refractivity contribution in [1.82, 2.24) is 9.97 Å². The smallest absolute Gasteiger partial charge is 0.132 e. The van der Waals surface area contributed by atoms with Crippen LogP contribution in [0.4, 0.5) is 5.82 Å². The van der Waals surface area contributed by atoms with Gasteiger partial charge in [0.25, 0.3) is 0 Å². The number of hydrogen-bond acceptors (Lipinski definition) is 4. The molecule has 0 radical (unpaired) electrons. The van der Waals surface area contributed by atoms with Crippen LogP contribution in [0.25, 0.3) is 0 Å². The van der Waals surface area contributed by atoms with E-state index in [-0.39, 0.29) is 6.10 Å². The largest absolute Gasteiger partial charge is 0.393 e. The van der Waals surface area contributed by atoms with Crippen molar-refractivity contribution in [2.75, 3.05) is 18.0 Å². The lowest BCUT2D eigenvalue weighted by molar-refractivity contribution is 0.136. The van der Waals surface area contributed by atoms with Crippen LogP contribution in [0.2, 0.25) is 0 Å². The SMILES string of the molecule is CCc1cc(N2CCC(C(C)O)C2)nc(C)n1. The summed E-state index contributed by atoms with van der Waals surface area (Å²) in [4.78, 5) is 11.1. The highest BCUT2D eigenvalue weighted by atomic mass is 16.3. The Hall–Kier alpha value is -1.16. The van der Waals surface area contributed by atoms with Crippen molar-refractivity contribution >= 4 is 5.82 Å². The Labute approximate surface area is 103 Å². The first kappa shape index (κ1) is 12.3. The first-order valence-corrected chi connectivity index (χ1v) is 6.37. The van der Waals surface area contributed by atoms with Gasteiger partial charge in [-0.1, -0.05) is 6.92 Å². The monoisotopic (exact) mass is 235 g/mol. The van der Waals surface area contributed by atoms with Crippen LogP contribution in [-0.2, 0) is 6.42 Å². The van der Waals surface area contributed by atoms with Crippen LogP contribution < -0.4 is 4.90 Å². The average molecular weight is 235 g/mol. The van der Waals surface area contributed by atoms with E-state index >= 15 is 0 Å².